The van der Waals surface area contributed by atoms with Crippen LogP contribution < -0.4 is 5.32 Å². The number of carbonyl (C=O) groups is 1. The predicted octanol–water partition coefficient (Wildman–Crippen LogP) is 2.25. The average molecular weight is 249 g/mol. The topological polar surface area (TPSA) is 64.1 Å². The van der Waals surface area contributed by atoms with Gasteiger partial charge in [-0.2, -0.15) is 0 Å². The fourth-order valence-electron chi connectivity index (χ4n) is 2.41. The summed E-state index contributed by atoms with van der Waals surface area (Å²) in [5, 5.41) is 3.37. The fourth-order valence-corrected chi connectivity index (χ4v) is 2.41. The minimum atomic E-state index is -0.461. The van der Waals surface area contributed by atoms with Crippen molar-refractivity contribution < 1.29 is 9.53 Å². The van der Waals surface area contributed by atoms with Crippen LogP contribution in [0.4, 0.5) is 5.82 Å². The van der Waals surface area contributed by atoms with Crippen molar-refractivity contribution in [3.05, 3.63) is 18.1 Å². The maximum atomic E-state index is 11.4. The van der Waals surface area contributed by atoms with Crippen LogP contribution in [0.15, 0.2) is 12.4 Å². The zero-order valence-electron chi connectivity index (χ0n) is 11.1. The fraction of sp³-hybridized carbons (Fsp3) is 0.615. The molecule has 0 aliphatic heterocycles. The molecule has 0 saturated heterocycles. The van der Waals surface area contributed by atoms with Crippen LogP contribution in [0.2, 0.25) is 0 Å². The van der Waals surface area contributed by atoms with Gasteiger partial charge in [-0.1, -0.05) is 20.3 Å². The van der Waals surface area contributed by atoms with Gasteiger partial charge >= 0.3 is 5.97 Å². The summed E-state index contributed by atoms with van der Waals surface area (Å²) in [6.07, 6.45) is 6.60. The summed E-state index contributed by atoms with van der Waals surface area (Å²) in [5.74, 6) is 0.176. The van der Waals surface area contributed by atoms with Crippen LogP contribution >= 0.6 is 0 Å². The van der Waals surface area contributed by atoms with E-state index < -0.39 is 5.97 Å². The van der Waals surface area contributed by atoms with Gasteiger partial charge in [0.2, 0.25) is 0 Å². The van der Waals surface area contributed by atoms with Gasteiger partial charge in [-0.25, -0.2) is 9.78 Å². The second kappa shape index (κ2) is 4.92. The molecular formula is C13H19N3O2. The minimum Gasteiger partial charge on any atom is -0.464 e. The van der Waals surface area contributed by atoms with Gasteiger partial charge in [-0.15, -0.1) is 0 Å². The van der Waals surface area contributed by atoms with Crippen LogP contribution in [-0.2, 0) is 4.74 Å². The summed E-state index contributed by atoms with van der Waals surface area (Å²) in [6.45, 7) is 4.49. The van der Waals surface area contributed by atoms with E-state index in [0.29, 0.717) is 11.9 Å². The lowest BCUT2D eigenvalue weighted by Gasteiger charge is -2.28. The van der Waals surface area contributed by atoms with E-state index in [1.165, 1.54) is 26.1 Å². The van der Waals surface area contributed by atoms with Crippen molar-refractivity contribution in [1.29, 1.82) is 0 Å². The van der Waals surface area contributed by atoms with Crippen molar-refractivity contribution in [3.63, 3.8) is 0 Å². The highest BCUT2D eigenvalue weighted by molar-refractivity contribution is 5.87. The second-order valence-electron chi connectivity index (χ2n) is 5.36. The number of rotatable bonds is 3. The Labute approximate surface area is 107 Å². The molecule has 18 heavy (non-hydrogen) atoms. The monoisotopic (exact) mass is 249 g/mol. The van der Waals surface area contributed by atoms with Crippen molar-refractivity contribution >= 4 is 11.8 Å². The van der Waals surface area contributed by atoms with Gasteiger partial charge < -0.3 is 10.1 Å². The van der Waals surface area contributed by atoms with Crippen LogP contribution in [-0.4, -0.2) is 29.1 Å². The molecule has 1 N–H and O–H groups in total. The lowest BCUT2D eigenvalue weighted by molar-refractivity contribution is 0.0593. The van der Waals surface area contributed by atoms with Crippen molar-refractivity contribution in [3.8, 4) is 0 Å². The zero-order valence-corrected chi connectivity index (χ0v) is 11.1. The van der Waals surface area contributed by atoms with Crippen molar-refractivity contribution in [2.45, 2.75) is 39.2 Å². The van der Waals surface area contributed by atoms with Crippen LogP contribution in [0.5, 0.6) is 0 Å². The second-order valence-corrected chi connectivity index (χ2v) is 5.36. The molecule has 1 heterocycles. The molecule has 0 radical (unpaired) electrons. The van der Waals surface area contributed by atoms with Gasteiger partial charge in [-0.05, 0) is 18.3 Å². The number of anilines is 1. The van der Waals surface area contributed by atoms with Gasteiger partial charge in [0, 0.05) is 6.04 Å². The van der Waals surface area contributed by atoms with Crippen LogP contribution in [0.25, 0.3) is 0 Å². The first kappa shape index (κ1) is 12.8. The maximum absolute atomic E-state index is 11.4. The molecule has 0 spiro atoms. The number of carbonyl (C=O) groups excluding carboxylic acids is 1. The molecule has 1 aromatic rings. The maximum Gasteiger partial charge on any atom is 0.358 e. The van der Waals surface area contributed by atoms with E-state index in [-0.39, 0.29) is 11.1 Å². The highest BCUT2D eigenvalue weighted by Gasteiger charge is 2.34. The number of hydrogen-bond acceptors (Lipinski definition) is 5. The highest BCUT2D eigenvalue weighted by atomic mass is 16.5. The third-order valence-corrected chi connectivity index (χ3v) is 3.61. The van der Waals surface area contributed by atoms with Gasteiger partial charge in [0.15, 0.2) is 5.69 Å². The molecule has 98 valence electrons. The van der Waals surface area contributed by atoms with Crippen LogP contribution in [0.1, 0.15) is 43.6 Å². The minimum absolute atomic E-state index is 0.235. The Balaban J connectivity index is 2.12. The summed E-state index contributed by atoms with van der Waals surface area (Å²) in [5.41, 5.74) is 0.487. The number of nitrogens with one attached hydrogen (secondary N) is 1. The summed E-state index contributed by atoms with van der Waals surface area (Å²) in [6, 6.07) is 0.375. The first-order valence-corrected chi connectivity index (χ1v) is 6.20. The Morgan fingerprint density at radius 1 is 1.50 bits per heavy atom. The number of methoxy groups -OCH3 is 1. The smallest absolute Gasteiger partial charge is 0.358 e. The molecule has 1 fully saturated rings. The molecule has 0 amide bonds. The number of esters is 1. The Morgan fingerprint density at radius 2 is 2.28 bits per heavy atom. The number of aromatic nitrogens is 2. The Bertz CT molecular complexity index is 446. The Kier molecular flexibility index (Phi) is 3.50. The lowest BCUT2D eigenvalue weighted by atomic mass is 9.87. The molecule has 1 aliphatic carbocycles. The highest BCUT2D eigenvalue weighted by Crippen LogP contribution is 2.38. The molecule has 5 nitrogen and oxygen atoms in total. The average Bonchev–Trinajstić information content (AvgIpc) is 2.68. The van der Waals surface area contributed by atoms with Gasteiger partial charge in [0.1, 0.15) is 5.82 Å². The van der Waals surface area contributed by atoms with E-state index in [2.05, 4.69) is 33.9 Å². The first-order chi connectivity index (χ1) is 8.53. The molecule has 0 bridgehead atoms. The molecule has 2 rings (SSSR count). The summed E-state index contributed by atoms with van der Waals surface area (Å²) in [7, 11) is 1.34. The van der Waals surface area contributed by atoms with Crippen molar-refractivity contribution in [1.82, 2.24) is 9.97 Å². The van der Waals surface area contributed by atoms with E-state index >= 15 is 0 Å². The number of hydrogen-bond donors (Lipinski definition) is 1. The predicted molar refractivity (Wildman–Crippen MR) is 68.4 cm³/mol. The SMILES string of the molecule is COC(=O)c1cncc(NC2CCCC2(C)C)n1. The molecule has 1 saturated carbocycles. The van der Waals surface area contributed by atoms with E-state index in [4.69, 9.17) is 0 Å². The van der Waals surface area contributed by atoms with Gasteiger partial charge in [0.05, 0.1) is 19.5 Å². The van der Waals surface area contributed by atoms with E-state index in [1.807, 2.05) is 0 Å². The summed E-state index contributed by atoms with van der Waals surface area (Å²) >= 11 is 0. The van der Waals surface area contributed by atoms with Crippen molar-refractivity contribution in [2.24, 2.45) is 5.41 Å². The molecule has 5 heteroatoms. The van der Waals surface area contributed by atoms with E-state index in [9.17, 15) is 4.79 Å². The lowest BCUT2D eigenvalue weighted by Crippen LogP contribution is -2.31. The normalized spacial score (nSPS) is 21.6. The molecule has 1 atom stereocenters. The number of nitrogens with zero attached hydrogens (tertiary/aromatic N) is 2. The van der Waals surface area contributed by atoms with Crippen LogP contribution in [0.3, 0.4) is 0 Å². The summed E-state index contributed by atoms with van der Waals surface area (Å²) < 4.78 is 4.63. The quantitative estimate of drug-likeness (QED) is 0.832. The van der Waals surface area contributed by atoms with Gasteiger partial charge in [0.25, 0.3) is 0 Å². The molecule has 1 unspecified atom stereocenters. The van der Waals surface area contributed by atoms with Gasteiger partial charge in [-0.3, -0.25) is 4.98 Å². The third kappa shape index (κ3) is 2.60. The van der Waals surface area contributed by atoms with E-state index in [1.54, 1.807) is 6.20 Å². The molecule has 0 aromatic carbocycles. The zero-order chi connectivity index (χ0) is 13.2. The number of ether oxygens (including phenoxy) is 1. The first-order valence-electron chi connectivity index (χ1n) is 6.20. The third-order valence-electron chi connectivity index (χ3n) is 3.61. The summed E-state index contributed by atoms with van der Waals surface area (Å²) in [4.78, 5) is 19.6. The molecule has 1 aromatic heterocycles. The Hall–Kier alpha value is -1.65. The Morgan fingerprint density at radius 3 is 2.89 bits per heavy atom. The molecule has 1 aliphatic rings. The largest absolute Gasteiger partial charge is 0.464 e. The molecular weight excluding hydrogens is 230 g/mol. The standard InChI is InChI=1S/C13H19N3O2/c1-13(2)6-4-5-10(13)16-11-8-14-7-9(15-11)12(17)18-3/h7-8,10H,4-6H2,1-3H3,(H,15,16). The van der Waals surface area contributed by atoms with E-state index in [0.717, 1.165) is 6.42 Å². The van der Waals surface area contributed by atoms with Crippen LogP contribution in [0, 0.1) is 5.41 Å². The van der Waals surface area contributed by atoms with Crippen molar-refractivity contribution in [2.75, 3.05) is 12.4 Å².